The maximum absolute atomic E-state index is 9.08. The number of azide groups is 1. The first-order valence-electron chi connectivity index (χ1n) is 5.00. The Kier molecular flexibility index (Phi) is 2.42. The Bertz CT molecular complexity index is 237. The Morgan fingerprint density at radius 3 is 2.77 bits per heavy atom. The molecule has 2 aliphatic rings. The molecule has 0 spiro atoms. The maximum atomic E-state index is 9.08. The second-order valence-electron chi connectivity index (χ2n) is 4.29. The van der Waals surface area contributed by atoms with E-state index in [0.29, 0.717) is 11.8 Å². The summed E-state index contributed by atoms with van der Waals surface area (Å²) in [7, 11) is 0. The van der Waals surface area contributed by atoms with Crippen LogP contribution < -0.4 is 0 Å². The lowest BCUT2D eigenvalue weighted by molar-refractivity contribution is 0.188. The van der Waals surface area contributed by atoms with Gasteiger partial charge in [-0.2, -0.15) is 0 Å². The number of aliphatic hydroxyl groups is 1. The molecule has 4 atom stereocenters. The van der Waals surface area contributed by atoms with Gasteiger partial charge in [0.15, 0.2) is 0 Å². The molecule has 0 aliphatic heterocycles. The highest BCUT2D eigenvalue weighted by Gasteiger charge is 2.42. The Labute approximate surface area is 77.6 Å². The second-order valence-corrected chi connectivity index (χ2v) is 4.29. The van der Waals surface area contributed by atoms with E-state index in [1.165, 1.54) is 19.3 Å². The third-order valence-corrected chi connectivity index (χ3v) is 3.67. The quantitative estimate of drug-likeness (QED) is 0.404. The minimum Gasteiger partial charge on any atom is -0.396 e. The highest BCUT2D eigenvalue weighted by molar-refractivity contribution is 4.95. The second kappa shape index (κ2) is 3.56. The van der Waals surface area contributed by atoms with Crippen molar-refractivity contribution >= 4 is 0 Å². The van der Waals surface area contributed by atoms with Crippen molar-refractivity contribution < 1.29 is 5.11 Å². The molecule has 4 heteroatoms. The monoisotopic (exact) mass is 181 g/mol. The SMILES string of the molecule is [N-]=[N+]=NC(CO)C1CC2CCC1C2. The molecule has 0 aromatic carbocycles. The summed E-state index contributed by atoms with van der Waals surface area (Å²) >= 11 is 0. The predicted molar refractivity (Wildman–Crippen MR) is 49.0 cm³/mol. The van der Waals surface area contributed by atoms with Gasteiger partial charge >= 0.3 is 0 Å². The average molecular weight is 181 g/mol. The van der Waals surface area contributed by atoms with Gasteiger partial charge in [0.2, 0.25) is 0 Å². The summed E-state index contributed by atoms with van der Waals surface area (Å²) in [5.41, 5.74) is 8.35. The van der Waals surface area contributed by atoms with Crippen molar-refractivity contribution in [3.63, 3.8) is 0 Å². The zero-order chi connectivity index (χ0) is 9.26. The zero-order valence-electron chi connectivity index (χ0n) is 7.63. The minimum absolute atomic E-state index is 0.0119. The lowest BCUT2D eigenvalue weighted by Gasteiger charge is -2.25. The van der Waals surface area contributed by atoms with Gasteiger partial charge in [0.05, 0.1) is 12.6 Å². The van der Waals surface area contributed by atoms with E-state index in [1.54, 1.807) is 0 Å². The Morgan fingerprint density at radius 1 is 1.46 bits per heavy atom. The van der Waals surface area contributed by atoms with E-state index in [1.807, 2.05) is 0 Å². The molecule has 2 aliphatic carbocycles. The Balaban J connectivity index is 2.03. The standard InChI is InChI=1S/C9H15N3O/c10-12-11-9(5-13)8-4-6-1-2-7(8)3-6/h6-9,13H,1-5H2. The van der Waals surface area contributed by atoms with E-state index in [4.69, 9.17) is 10.6 Å². The van der Waals surface area contributed by atoms with Crippen LogP contribution in [0.4, 0.5) is 0 Å². The predicted octanol–water partition coefficient (Wildman–Crippen LogP) is 2.09. The topological polar surface area (TPSA) is 69.0 Å². The van der Waals surface area contributed by atoms with Crippen molar-refractivity contribution in [2.75, 3.05) is 6.61 Å². The van der Waals surface area contributed by atoms with Gasteiger partial charge in [-0.1, -0.05) is 11.5 Å². The van der Waals surface area contributed by atoms with Crippen LogP contribution in [-0.4, -0.2) is 17.8 Å². The van der Waals surface area contributed by atoms with Crippen LogP contribution in [0.5, 0.6) is 0 Å². The molecule has 2 bridgehead atoms. The molecule has 0 saturated heterocycles. The molecule has 72 valence electrons. The van der Waals surface area contributed by atoms with Crippen LogP contribution in [0.1, 0.15) is 25.7 Å². The number of hydrogen-bond donors (Lipinski definition) is 1. The van der Waals surface area contributed by atoms with Gasteiger partial charge in [0.1, 0.15) is 0 Å². The van der Waals surface area contributed by atoms with Crippen LogP contribution in [0, 0.1) is 17.8 Å². The van der Waals surface area contributed by atoms with Gasteiger partial charge in [-0.15, -0.1) is 0 Å². The summed E-state index contributed by atoms with van der Waals surface area (Å²) in [6, 6.07) is -0.166. The fourth-order valence-electron chi connectivity index (χ4n) is 3.09. The fourth-order valence-corrected chi connectivity index (χ4v) is 3.09. The van der Waals surface area contributed by atoms with E-state index in [-0.39, 0.29) is 12.6 Å². The van der Waals surface area contributed by atoms with E-state index in [0.717, 1.165) is 12.3 Å². The largest absolute Gasteiger partial charge is 0.396 e. The van der Waals surface area contributed by atoms with Gasteiger partial charge in [-0.3, -0.25) is 0 Å². The first kappa shape index (κ1) is 8.85. The van der Waals surface area contributed by atoms with Gasteiger partial charge in [-0.05, 0) is 42.5 Å². The lowest BCUT2D eigenvalue weighted by Crippen LogP contribution is -2.26. The van der Waals surface area contributed by atoms with Crippen molar-refractivity contribution in [3.05, 3.63) is 10.4 Å². The third kappa shape index (κ3) is 1.52. The molecule has 2 rings (SSSR count). The van der Waals surface area contributed by atoms with Gasteiger partial charge in [-0.25, -0.2) is 0 Å². The summed E-state index contributed by atoms with van der Waals surface area (Å²) in [5.74, 6) is 2.02. The van der Waals surface area contributed by atoms with E-state index < -0.39 is 0 Å². The Hall–Kier alpha value is -0.730. The molecule has 0 heterocycles. The molecular weight excluding hydrogens is 166 g/mol. The molecule has 4 nitrogen and oxygen atoms in total. The van der Waals surface area contributed by atoms with Crippen molar-refractivity contribution in [3.8, 4) is 0 Å². The van der Waals surface area contributed by atoms with E-state index >= 15 is 0 Å². The van der Waals surface area contributed by atoms with Gasteiger partial charge < -0.3 is 5.11 Å². The molecule has 13 heavy (non-hydrogen) atoms. The summed E-state index contributed by atoms with van der Waals surface area (Å²) < 4.78 is 0. The lowest BCUT2D eigenvalue weighted by atomic mass is 9.84. The Morgan fingerprint density at radius 2 is 2.31 bits per heavy atom. The molecule has 0 aromatic heterocycles. The minimum atomic E-state index is -0.166. The van der Waals surface area contributed by atoms with Crippen molar-refractivity contribution in [1.29, 1.82) is 0 Å². The first-order valence-corrected chi connectivity index (χ1v) is 5.00. The highest BCUT2D eigenvalue weighted by Crippen LogP contribution is 2.50. The van der Waals surface area contributed by atoms with Crippen molar-refractivity contribution in [2.45, 2.75) is 31.7 Å². The number of fused-ring (bicyclic) bond motifs is 2. The van der Waals surface area contributed by atoms with Crippen molar-refractivity contribution in [2.24, 2.45) is 22.9 Å². The van der Waals surface area contributed by atoms with E-state index in [2.05, 4.69) is 10.0 Å². The number of rotatable bonds is 3. The maximum Gasteiger partial charge on any atom is 0.0636 e. The van der Waals surface area contributed by atoms with E-state index in [9.17, 15) is 0 Å². The number of aliphatic hydroxyl groups excluding tert-OH is 1. The van der Waals surface area contributed by atoms with Crippen LogP contribution in [-0.2, 0) is 0 Å². The van der Waals surface area contributed by atoms with Crippen LogP contribution in [0.15, 0.2) is 5.11 Å². The van der Waals surface area contributed by atoms with Crippen LogP contribution >= 0.6 is 0 Å². The summed E-state index contributed by atoms with van der Waals surface area (Å²) in [4.78, 5) is 2.80. The normalized spacial score (nSPS) is 38.7. The molecule has 0 amide bonds. The van der Waals surface area contributed by atoms with Crippen LogP contribution in [0.2, 0.25) is 0 Å². The summed E-state index contributed by atoms with van der Waals surface area (Å²) in [6.07, 6.45) is 5.07. The van der Waals surface area contributed by atoms with Gasteiger partial charge in [0, 0.05) is 4.91 Å². The molecule has 0 aromatic rings. The molecule has 0 radical (unpaired) electrons. The third-order valence-electron chi connectivity index (χ3n) is 3.67. The van der Waals surface area contributed by atoms with Crippen molar-refractivity contribution in [1.82, 2.24) is 0 Å². The highest BCUT2D eigenvalue weighted by atomic mass is 16.3. The molecular formula is C9H15N3O. The first-order chi connectivity index (χ1) is 6.35. The number of hydrogen-bond acceptors (Lipinski definition) is 2. The van der Waals surface area contributed by atoms with Gasteiger partial charge in [0.25, 0.3) is 0 Å². The fraction of sp³-hybridized carbons (Fsp3) is 1.00. The summed E-state index contributed by atoms with van der Waals surface area (Å²) in [6.45, 7) is 0.0119. The van der Waals surface area contributed by atoms with Crippen LogP contribution in [0.3, 0.4) is 0 Å². The number of nitrogens with zero attached hydrogens (tertiary/aromatic N) is 3. The molecule has 2 saturated carbocycles. The zero-order valence-corrected chi connectivity index (χ0v) is 7.63. The molecule has 2 fully saturated rings. The summed E-state index contributed by atoms with van der Waals surface area (Å²) in [5, 5.41) is 12.8. The molecule has 4 unspecified atom stereocenters. The average Bonchev–Trinajstić information content (AvgIpc) is 2.74. The van der Waals surface area contributed by atoms with Crippen LogP contribution in [0.25, 0.3) is 10.4 Å². The smallest absolute Gasteiger partial charge is 0.0636 e. The molecule has 1 N–H and O–H groups in total.